The van der Waals surface area contributed by atoms with E-state index in [-0.39, 0.29) is 23.2 Å². The van der Waals surface area contributed by atoms with Crippen molar-refractivity contribution in [2.24, 2.45) is 11.1 Å². The number of carbonyl (C=O) groups excluding carboxylic acids is 1. The summed E-state index contributed by atoms with van der Waals surface area (Å²) in [5.74, 6) is -0.872. The van der Waals surface area contributed by atoms with E-state index >= 15 is 0 Å². The molecule has 1 saturated carbocycles. The highest BCUT2D eigenvalue weighted by molar-refractivity contribution is 5.96. The van der Waals surface area contributed by atoms with Crippen LogP contribution in [0.3, 0.4) is 0 Å². The second kappa shape index (κ2) is 4.98. The Morgan fingerprint density at radius 1 is 1.63 bits per heavy atom. The maximum atomic E-state index is 13.7. The van der Waals surface area contributed by atoms with Crippen molar-refractivity contribution in [1.82, 2.24) is 0 Å². The van der Waals surface area contributed by atoms with E-state index in [4.69, 9.17) is 11.0 Å². The number of nitrogens with one attached hydrogen (secondary N) is 1. The van der Waals surface area contributed by atoms with Crippen LogP contribution in [-0.4, -0.2) is 11.9 Å². The van der Waals surface area contributed by atoms with Crippen LogP contribution in [-0.2, 0) is 4.79 Å². The van der Waals surface area contributed by atoms with Crippen LogP contribution in [0.5, 0.6) is 0 Å². The smallest absolute Gasteiger partial charge is 0.231 e. The zero-order valence-electron chi connectivity index (χ0n) is 10.7. The quantitative estimate of drug-likeness (QED) is 0.856. The van der Waals surface area contributed by atoms with Gasteiger partial charge in [0.05, 0.1) is 22.7 Å². The Balaban J connectivity index is 2.18. The summed E-state index contributed by atoms with van der Waals surface area (Å²) in [7, 11) is 0. The molecule has 100 valence electrons. The predicted molar refractivity (Wildman–Crippen MR) is 69.7 cm³/mol. The third-order valence-electron chi connectivity index (χ3n) is 3.89. The summed E-state index contributed by atoms with van der Waals surface area (Å²) < 4.78 is 13.7. The Kier molecular flexibility index (Phi) is 3.54. The van der Waals surface area contributed by atoms with Crippen LogP contribution in [0.15, 0.2) is 18.2 Å². The number of hydrogen-bond donors (Lipinski definition) is 2. The average Bonchev–Trinajstić information content (AvgIpc) is 2.73. The van der Waals surface area contributed by atoms with Crippen LogP contribution in [0.4, 0.5) is 10.1 Å². The first kappa shape index (κ1) is 13.5. The van der Waals surface area contributed by atoms with Crippen LogP contribution in [0, 0.1) is 22.6 Å². The second-order valence-electron chi connectivity index (χ2n) is 5.18. The summed E-state index contributed by atoms with van der Waals surface area (Å²) in [6.07, 6.45) is 2.42. The molecular formula is C14H16FN3O. The molecule has 19 heavy (non-hydrogen) atoms. The summed E-state index contributed by atoms with van der Waals surface area (Å²) in [6.45, 7) is 1.81. The van der Waals surface area contributed by atoms with Crippen molar-refractivity contribution in [3.8, 4) is 6.07 Å². The predicted octanol–water partition coefficient (Wildman–Crippen LogP) is 2.15. The van der Waals surface area contributed by atoms with Gasteiger partial charge in [0.15, 0.2) is 0 Å². The summed E-state index contributed by atoms with van der Waals surface area (Å²) in [6, 6.07) is 5.62. The van der Waals surface area contributed by atoms with E-state index in [0.717, 1.165) is 18.9 Å². The maximum Gasteiger partial charge on any atom is 0.231 e. The van der Waals surface area contributed by atoms with Crippen LogP contribution >= 0.6 is 0 Å². The van der Waals surface area contributed by atoms with Gasteiger partial charge in [-0.1, -0.05) is 6.42 Å². The minimum absolute atomic E-state index is 0.0873. The first-order valence-corrected chi connectivity index (χ1v) is 6.24. The van der Waals surface area contributed by atoms with Gasteiger partial charge in [-0.05, 0) is 38.0 Å². The maximum absolute atomic E-state index is 13.7. The molecule has 1 amide bonds. The minimum Gasteiger partial charge on any atom is -0.327 e. The number of nitrogens with two attached hydrogens (primary N) is 1. The molecular weight excluding hydrogens is 245 g/mol. The fourth-order valence-electron chi connectivity index (χ4n) is 2.43. The van der Waals surface area contributed by atoms with Gasteiger partial charge in [-0.25, -0.2) is 4.39 Å². The standard InChI is InChI=1S/C14H16FN3O/c1-14(6-2-3-12(14)17)13(19)18-11-5-4-9(8-16)7-10(11)15/h4-5,7,12H,2-3,6,17H2,1H3,(H,18,19). The molecule has 5 heteroatoms. The van der Waals surface area contributed by atoms with Gasteiger partial charge in [-0.2, -0.15) is 5.26 Å². The first-order valence-electron chi connectivity index (χ1n) is 6.24. The lowest BCUT2D eigenvalue weighted by atomic mass is 9.84. The number of nitrogens with zero attached hydrogens (tertiary/aromatic N) is 1. The molecule has 0 aliphatic heterocycles. The topological polar surface area (TPSA) is 78.9 Å². The number of anilines is 1. The number of rotatable bonds is 2. The monoisotopic (exact) mass is 261 g/mol. The number of benzene rings is 1. The zero-order valence-corrected chi connectivity index (χ0v) is 10.7. The van der Waals surface area contributed by atoms with Crippen molar-refractivity contribution in [2.45, 2.75) is 32.2 Å². The molecule has 2 rings (SSSR count). The summed E-state index contributed by atoms with van der Waals surface area (Å²) in [5, 5.41) is 11.2. The van der Waals surface area contributed by atoms with Crippen LogP contribution in [0.1, 0.15) is 31.7 Å². The minimum atomic E-state index is -0.652. The molecule has 1 aliphatic carbocycles. The number of amides is 1. The van der Waals surface area contributed by atoms with E-state index in [1.54, 1.807) is 0 Å². The molecule has 2 atom stereocenters. The van der Waals surface area contributed by atoms with Crippen molar-refractivity contribution < 1.29 is 9.18 Å². The summed E-state index contributed by atoms with van der Waals surface area (Å²) in [5.41, 5.74) is 5.61. The molecule has 0 spiro atoms. The lowest BCUT2D eigenvalue weighted by Gasteiger charge is -2.27. The lowest BCUT2D eigenvalue weighted by Crippen LogP contribution is -2.44. The van der Waals surface area contributed by atoms with Crippen molar-refractivity contribution in [3.05, 3.63) is 29.6 Å². The lowest BCUT2D eigenvalue weighted by molar-refractivity contribution is -0.125. The normalized spacial score (nSPS) is 25.9. The second-order valence-corrected chi connectivity index (χ2v) is 5.18. The van der Waals surface area contributed by atoms with Gasteiger partial charge in [0.2, 0.25) is 5.91 Å². The fraction of sp³-hybridized carbons (Fsp3) is 0.429. The average molecular weight is 261 g/mol. The largest absolute Gasteiger partial charge is 0.327 e. The third kappa shape index (κ3) is 2.45. The van der Waals surface area contributed by atoms with E-state index < -0.39 is 11.2 Å². The van der Waals surface area contributed by atoms with Crippen LogP contribution in [0.2, 0.25) is 0 Å². The van der Waals surface area contributed by atoms with Crippen molar-refractivity contribution in [2.75, 3.05) is 5.32 Å². The molecule has 1 aromatic carbocycles. The molecule has 1 aromatic rings. The Bertz CT molecular complexity index is 552. The fourth-order valence-corrected chi connectivity index (χ4v) is 2.43. The number of halogens is 1. The molecule has 0 saturated heterocycles. The molecule has 0 bridgehead atoms. The van der Waals surface area contributed by atoms with E-state index in [1.807, 2.05) is 13.0 Å². The Hall–Kier alpha value is -1.93. The molecule has 1 aliphatic rings. The van der Waals surface area contributed by atoms with Crippen LogP contribution < -0.4 is 11.1 Å². The molecule has 0 radical (unpaired) electrons. The van der Waals surface area contributed by atoms with Gasteiger partial charge < -0.3 is 11.1 Å². The van der Waals surface area contributed by atoms with Crippen molar-refractivity contribution in [1.29, 1.82) is 5.26 Å². The van der Waals surface area contributed by atoms with Crippen molar-refractivity contribution in [3.63, 3.8) is 0 Å². The Labute approximate surface area is 111 Å². The molecule has 2 unspecified atom stereocenters. The van der Waals surface area contributed by atoms with Crippen molar-refractivity contribution >= 4 is 11.6 Å². The van der Waals surface area contributed by atoms with E-state index in [9.17, 15) is 9.18 Å². The van der Waals surface area contributed by atoms with Gasteiger partial charge in [0, 0.05) is 6.04 Å². The Morgan fingerprint density at radius 3 is 2.89 bits per heavy atom. The SMILES string of the molecule is CC1(C(=O)Nc2ccc(C#N)cc2F)CCCC1N. The van der Waals surface area contributed by atoms with Gasteiger partial charge >= 0.3 is 0 Å². The number of hydrogen-bond acceptors (Lipinski definition) is 3. The zero-order chi connectivity index (χ0) is 14.0. The molecule has 0 heterocycles. The molecule has 3 N–H and O–H groups in total. The number of carbonyl (C=O) groups is 1. The highest BCUT2D eigenvalue weighted by Gasteiger charge is 2.43. The third-order valence-corrected chi connectivity index (χ3v) is 3.89. The molecule has 0 aromatic heterocycles. The first-order chi connectivity index (χ1) is 8.97. The summed E-state index contributed by atoms with van der Waals surface area (Å²) >= 11 is 0. The summed E-state index contributed by atoms with van der Waals surface area (Å²) in [4.78, 5) is 12.2. The van der Waals surface area contributed by atoms with Crippen LogP contribution in [0.25, 0.3) is 0 Å². The van der Waals surface area contributed by atoms with Gasteiger partial charge in [-0.3, -0.25) is 4.79 Å². The highest BCUT2D eigenvalue weighted by atomic mass is 19.1. The van der Waals surface area contributed by atoms with E-state index in [2.05, 4.69) is 5.32 Å². The van der Waals surface area contributed by atoms with E-state index in [1.165, 1.54) is 12.1 Å². The Morgan fingerprint density at radius 2 is 2.37 bits per heavy atom. The van der Waals surface area contributed by atoms with Gasteiger partial charge in [-0.15, -0.1) is 0 Å². The van der Waals surface area contributed by atoms with Gasteiger partial charge in [0.25, 0.3) is 0 Å². The molecule has 1 fully saturated rings. The highest BCUT2D eigenvalue weighted by Crippen LogP contribution is 2.37. The number of nitriles is 1. The molecule has 4 nitrogen and oxygen atoms in total. The van der Waals surface area contributed by atoms with E-state index in [0.29, 0.717) is 6.42 Å². The van der Waals surface area contributed by atoms with Gasteiger partial charge in [0.1, 0.15) is 5.82 Å².